The quantitative estimate of drug-likeness (QED) is 0.429. The van der Waals surface area contributed by atoms with Crippen molar-refractivity contribution in [3.05, 3.63) is 34.1 Å². The zero-order valence-electron chi connectivity index (χ0n) is 19.6. The lowest BCUT2D eigenvalue weighted by Gasteiger charge is -2.39. The maximum atomic E-state index is 12.9. The van der Waals surface area contributed by atoms with Crippen molar-refractivity contribution >= 4 is 34.4 Å². The fraction of sp³-hybridized carbons (Fsp3) is 0.500. The van der Waals surface area contributed by atoms with E-state index in [2.05, 4.69) is 5.32 Å². The first-order valence-electron chi connectivity index (χ1n) is 11.5. The Kier molecular flexibility index (Phi) is 6.70. The minimum atomic E-state index is -1.76. The molecular formula is C24H29N3O8. The second-order valence-electron chi connectivity index (χ2n) is 9.40. The van der Waals surface area contributed by atoms with Crippen LogP contribution in [-0.4, -0.2) is 70.1 Å². The molecule has 0 unspecified atom stereocenters. The van der Waals surface area contributed by atoms with Crippen LogP contribution in [0.4, 0.5) is 5.69 Å². The molecule has 11 heteroatoms. The van der Waals surface area contributed by atoms with Gasteiger partial charge in [0.1, 0.15) is 5.56 Å². The number of amides is 1. The standard InChI is InChI=1S/C24H29N3O8/c1-12-7-13(25-19(29)8-18(28)24(33)34)10-26(9-12)17-6-5-15-20(22(17)35-2)27(14-3-4-14)11-16(21(15)30)23(31)32/h5-6,11-14,18,28H,3-4,7-10H2,1-2H3,(H,25,29)(H,31,32)(H,33,34)/t12-,13+,18-/m0/s1. The number of aliphatic hydroxyl groups excluding tert-OH is 1. The fourth-order valence-electron chi connectivity index (χ4n) is 4.85. The van der Waals surface area contributed by atoms with Gasteiger partial charge in [-0.05, 0) is 37.3 Å². The molecule has 1 aromatic carbocycles. The van der Waals surface area contributed by atoms with E-state index >= 15 is 0 Å². The minimum absolute atomic E-state index is 0.0910. The molecule has 11 nitrogen and oxygen atoms in total. The van der Waals surface area contributed by atoms with Gasteiger partial charge in [-0.3, -0.25) is 9.59 Å². The number of fused-ring (bicyclic) bond motifs is 1. The molecule has 1 aliphatic heterocycles. The molecule has 0 radical (unpaired) electrons. The molecule has 1 saturated heterocycles. The molecule has 1 saturated carbocycles. The van der Waals surface area contributed by atoms with Gasteiger partial charge < -0.3 is 34.8 Å². The zero-order chi connectivity index (χ0) is 25.4. The number of nitrogens with zero attached hydrogens (tertiary/aromatic N) is 2. The molecule has 188 valence electrons. The number of aromatic nitrogens is 1. The highest BCUT2D eigenvalue weighted by molar-refractivity contribution is 5.97. The molecule has 1 aliphatic carbocycles. The molecule has 1 amide bonds. The van der Waals surface area contributed by atoms with Gasteiger partial charge in [0, 0.05) is 31.4 Å². The van der Waals surface area contributed by atoms with Crippen LogP contribution in [0.5, 0.6) is 5.75 Å². The third-order valence-electron chi connectivity index (χ3n) is 6.53. The highest BCUT2D eigenvalue weighted by Crippen LogP contribution is 2.43. The lowest BCUT2D eigenvalue weighted by molar-refractivity contribution is -0.149. The predicted octanol–water partition coefficient (Wildman–Crippen LogP) is 1.21. The van der Waals surface area contributed by atoms with Crippen LogP contribution in [-0.2, 0) is 9.59 Å². The molecule has 2 aromatic rings. The predicted molar refractivity (Wildman–Crippen MR) is 126 cm³/mol. The summed E-state index contributed by atoms with van der Waals surface area (Å²) in [6.07, 6.45) is 1.53. The van der Waals surface area contributed by atoms with Crippen molar-refractivity contribution in [3.63, 3.8) is 0 Å². The number of rotatable bonds is 8. The highest BCUT2D eigenvalue weighted by Gasteiger charge is 2.32. The first kappa shape index (κ1) is 24.5. The Morgan fingerprint density at radius 2 is 1.91 bits per heavy atom. The van der Waals surface area contributed by atoms with E-state index in [0.29, 0.717) is 36.5 Å². The van der Waals surface area contributed by atoms with Crippen molar-refractivity contribution in [2.24, 2.45) is 5.92 Å². The van der Waals surface area contributed by atoms with E-state index in [9.17, 15) is 29.4 Å². The van der Waals surface area contributed by atoms with Crippen molar-refractivity contribution in [2.75, 3.05) is 25.1 Å². The summed E-state index contributed by atoms with van der Waals surface area (Å²) in [6, 6.07) is 3.16. The van der Waals surface area contributed by atoms with Crippen LogP contribution in [0.3, 0.4) is 0 Å². The van der Waals surface area contributed by atoms with Gasteiger partial charge in [0.25, 0.3) is 0 Å². The van der Waals surface area contributed by atoms with Crippen molar-refractivity contribution in [2.45, 2.75) is 50.8 Å². The second kappa shape index (κ2) is 9.57. The number of methoxy groups -OCH3 is 1. The van der Waals surface area contributed by atoms with Crippen molar-refractivity contribution in [1.29, 1.82) is 0 Å². The zero-order valence-corrected chi connectivity index (χ0v) is 19.6. The molecule has 2 aliphatic rings. The Bertz CT molecular complexity index is 1240. The van der Waals surface area contributed by atoms with Gasteiger partial charge >= 0.3 is 11.9 Å². The van der Waals surface area contributed by atoms with Gasteiger partial charge in [-0.25, -0.2) is 9.59 Å². The van der Waals surface area contributed by atoms with Crippen molar-refractivity contribution < 1.29 is 34.4 Å². The number of carbonyl (C=O) groups is 3. The monoisotopic (exact) mass is 487 g/mol. The van der Waals surface area contributed by atoms with E-state index in [-0.39, 0.29) is 29.0 Å². The summed E-state index contributed by atoms with van der Waals surface area (Å²) >= 11 is 0. The van der Waals surface area contributed by atoms with Crippen LogP contribution < -0.4 is 20.4 Å². The smallest absolute Gasteiger partial charge is 0.341 e. The molecule has 4 N–H and O–H groups in total. The van der Waals surface area contributed by atoms with E-state index in [1.807, 2.05) is 16.4 Å². The topological polar surface area (TPSA) is 158 Å². The van der Waals surface area contributed by atoms with Gasteiger partial charge in [-0.2, -0.15) is 0 Å². The number of piperidine rings is 1. The molecule has 3 atom stereocenters. The van der Waals surface area contributed by atoms with Gasteiger partial charge in [0.05, 0.1) is 30.1 Å². The number of aromatic carboxylic acids is 1. The molecule has 0 spiro atoms. The molecular weight excluding hydrogens is 458 g/mol. The molecule has 0 bridgehead atoms. The summed E-state index contributed by atoms with van der Waals surface area (Å²) < 4.78 is 7.60. The average molecular weight is 488 g/mol. The number of aliphatic carboxylic acids is 1. The van der Waals surface area contributed by atoms with Gasteiger partial charge in [0.2, 0.25) is 11.3 Å². The Hall–Kier alpha value is -3.60. The second-order valence-corrected chi connectivity index (χ2v) is 9.40. The summed E-state index contributed by atoms with van der Waals surface area (Å²) in [7, 11) is 1.50. The van der Waals surface area contributed by atoms with E-state index in [1.54, 1.807) is 12.1 Å². The molecule has 1 aromatic heterocycles. The number of carbonyl (C=O) groups excluding carboxylic acids is 1. The number of pyridine rings is 1. The maximum absolute atomic E-state index is 12.9. The highest BCUT2D eigenvalue weighted by atomic mass is 16.5. The van der Waals surface area contributed by atoms with Crippen LogP contribution >= 0.6 is 0 Å². The SMILES string of the molecule is COc1c(N2C[C@@H](C)C[C@@H](NC(=O)C[C@H](O)C(=O)O)C2)ccc2c(=O)c(C(=O)O)cn(C3CC3)c12. The van der Waals surface area contributed by atoms with Crippen molar-refractivity contribution in [1.82, 2.24) is 9.88 Å². The molecule has 2 fully saturated rings. The normalized spacial score (nSPS) is 20.9. The Morgan fingerprint density at radius 1 is 1.20 bits per heavy atom. The van der Waals surface area contributed by atoms with E-state index in [1.165, 1.54) is 13.3 Å². The third-order valence-corrected chi connectivity index (χ3v) is 6.53. The van der Waals surface area contributed by atoms with Crippen LogP contribution in [0.15, 0.2) is 23.1 Å². The number of carboxylic acid groups (broad SMARTS) is 2. The summed E-state index contributed by atoms with van der Waals surface area (Å²) in [5.74, 6) is -2.63. The maximum Gasteiger partial charge on any atom is 0.341 e. The summed E-state index contributed by atoms with van der Waals surface area (Å²) in [4.78, 5) is 49.7. The average Bonchev–Trinajstić information content (AvgIpc) is 3.63. The number of aliphatic hydroxyl groups is 1. The summed E-state index contributed by atoms with van der Waals surface area (Å²) in [6.45, 7) is 3.11. The number of anilines is 1. The summed E-state index contributed by atoms with van der Waals surface area (Å²) in [5, 5.41) is 30.9. The number of nitrogens with one attached hydrogen (secondary N) is 1. The Labute approximate surface area is 200 Å². The van der Waals surface area contributed by atoms with E-state index < -0.39 is 35.8 Å². The van der Waals surface area contributed by atoms with Crippen LogP contribution in [0, 0.1) is 5.92 Å². The molecule has 35 heavy (non-hydrogen) atoms. The molecule has 4 rings (SSSR count). The first-order valence-corrected chi connectivity index (χ1v) is 11.5. The first-order chi connectivity index (χ1) is 16.6. The van der Waals surface area contributed by atoms with Crippen LogP contribution in [0.2, 0.25) is 0 Å². The van der Waals surface area contributed by atoms with Crippen LogP contribution in [0.1, 0.15) is 49.0 Å². The van der Waals surface area contributed by atoms with Gasteiger partial charge in [-0.15, -0.1) is 0 Å². The van der Waals surface area contributed by atoms with Crippen molar-refractivity contribution in [3.8, 4) is 5.75 Å². The summed E-state index contributed by atoms with van der Waals surface area (Å²) in [5.41, 5.74) is 0.416. The fourth-order valence-corrected chi connectivity index (χ4v) is 4.85. The third kappa shape index (κ3) is 4.95. The lowest BCUT2D eigenvalue weighted by atomic mass is 9.94. The lowest BCUT2D eigenvalue weighted by Crippen LogP contribution is -2.51. The number of hydrogen-bond acceptors (Lipinski definition) is 7. The molecule has 2 heterocycles. The number of benzene rings is 1. The van der Waals surface area contributed by atoms with Crippen LogP contribution in [0.25, 0.3) is 10.9 Å². The largest absolute Gasteiger partial charge is 0.492 e. The minimum Gasteiger partial charge on any atom is -0.492 e. The van der Waals surface area contributed by atoms with Gasteiger partial charge in [-0.1, -0.05) is 6.92 Å². The number of carboxylic acids is 2. The van der Waals surface area contributed by atoms with Gasteiger partial charge in [0.15, 0.2) is 11.9 Å². The van der Waals surface area contributed by atoms with E-state index in [4.69, 9.17) is 9.84 Å². The Balaban J connectivity index is 1.70. The van der Waals surface area contributed by atoms with E-state index in [0.717, 1.165) is 12.8 Å². The number of hydrogen-bond donors (Lipinski definition) is 4. The number of ether oxygens (including phenoxy) is 1. The Morgan fingerprint density at radius 3 is 2.51 bits per heavy atom.